The highest BCUT2D eigenvalue weighted by Crippen LogP contribution is 2.29. The molecule has 1 N–H and O–H groups in total. The van der Waals surface area contributed by atoms with Crippen molar-refractivity contribution in [3.8, 4) is 0 Å². The molecule has 2 aromatic carbocycles. The summed E-state index contributed by atoms with van der Waals surface area (Å²) in [6, 6.07) is 12.9. The molecule has 0 amide bonds. The molecule has 0 aliphatic rings. The minimum absolute atomic E-state index is 0.176. The van der Waals surface area contributed by atoms with Gasteiger partial charge in [-0.1, -0.05) is 44.2 Å². The predicted octanol–water partition coefficient (Wildman–Crippen LogP) is 3.07. The minimum Gasteiger partial charge on any atom is -0.277 e. The van der Waals surface area contributed by atoms with Gasteiger partial charge in [0.15, 0.2) is 0 Å². The van der Waals surface area contributed by atoms with Crippen LogP contribution in [0.5, 0.6) is 0 Å². The second-order valence-electron chi connectivity index (χ2n) is 5.31. The number of nitro benzene ring substituents is 1. The first-order chi connectivity index (χ1) is 12.4. The van der Waals surface area contributed by atoms with Gasteiger partial charge < -0.3 is 0 Å². The molecule has 0 bridgehead atoms. The largest absolute Gasteiger partial charge is 0.277 e. The van der Waals surface area contributed by atoms with Crippen LogP contribution in [0, 0.1) is 10.1 Å². The molecule has 2 rings (SSSR count). The van der Waals surface area contributed by atoms with Crippen LogP contribution in [0.15, 0.2) is 58.5 Å². The smallest absolute Gasteiger partial charge is 0.270 e. The zero-order valence-electron chi connectivity index (χ0n) is 14.5. The van der Waals surface area contributed by atoms with Crippen molar-refractivity contribution < 1.29 is 13.3 Å². The number of nitrogens with zero attached hydrogens (tertiary/aromatic N) is 3. The van der Waals surface area contributed by atoms with Gasteiger partial charge in [-0.15, -0.1) is 0 Å². The van der Waals surface area contributed by atoms with Crippen LogP contribution < -0.4 is 5.43 Å². The summed E-state index contributed by atoms with van der Waals surface area (Å²) in [5.41, 5.74) is 3.38. The summed E-state index contributed by atoms with van der Waals surface area (Å²) >= 11 is 0. The van der Waals surface area contributed by atoms with Gasteiger partial charge in [-0.25, -0.2) is 8.42 Å². The van der Waals surface area contributed by atoms with Crippen molar-refractivity contribution in [3.05, 3.63) is 64.2 Å². The van der Waals surface area contributed by atoms with Crippen molar-refractivity contribution in [2.75, 3.05) is 18.5 Å². The molecule has 0 aliphatic heterocycles. The Kier molecular flexibility index (Phi) is 6.42. The van der Waals surface area contributed by atoms with Gasteiger partial charge in [0.1, 0.15) is 4.90 Å². The number of hydrogen-bond acceptors (Lipinski definition) is 6. The Morgan fingerprint density at radius 1 is 1.15 bits per heavy atom. The van der Waals surface area contributed by atoms with Gasteiger partial charge in [-0.05, 0) is 11.6 Å². The molecule has 0 saturated carbocycles. The van der Waals surface area contributed by atoms with Crippen molar-refractivity contribution in [2.45, 2.75) is 18.7 Å². The van der Waals surface area contributed by atoms with E-state index in [4.69, 9.17) is 0 Å². The summed E-state index contributed by atoms with van der Waals surface area (Å²) in [6.45, 7) is 3.93. The molecule has 9 heteroatoms. The molecule has 0 fully saturated rings. The van der Waals surface area contributed by atoms with E-state index in [9.17, 15) is 18.5 Å². The molecule has 0 aliphatic carbocycles. The normalized spacial score (nSPS) is 11.8. The number of non-ortho nitro benzene ring substituents is 1. The Morgan fingerprint density at radius 3 is 2.38 bits per heavy atom. The molecule has 0 unspecified atom stereocenters. The van der Waals surface area contributed by atoms with Gasteiger partial charge in [0, 0.05) is 25.2 Å². The molecule has 0 heterocycles. The second-order valence-corrected chi connectivity index (χ2v) is 7.21. The van der Waals surface area contributed by atoms with Gasteiger partial charge in [0.25, 0.3) is 5.69 Å². The van der Waals surface area contributed by atoms with Crippen LogP contribution in [0.1, 0.15) is 19.4 Å². The van der Waals surface area contributed by atoms with Gasteiger partial charge >= 0.3 is 0 Å². The Balaban J connectivity index is 2.42. The lowest BCUT2D eigenvalue weighted by Crippen LogP contribution is -2.31. The zero-order chi connectivity index (χ0) is 19.2. The molecule has 26 heavy (non-hydrogen) atoms. The third-order valence-corrected chi connectivity index (χ3v) is 5.79. The number of nitrogens with one attached hydrogen (secondary N) is 1. The van der Waals surface area contributed by atoms with Crippen LogP contribution >= 0.6 is 0 Å². The summed E-state index contributed by atoms with van der Waals surface area (Å²) < 4.78 is 26.9. The van der Waals surface area contributed by atoms with Crippen molar-refractivity contribution in [2.24, 2.45) is 5.10 Å². The van der Waals surface area contributed by atoms with E-state index in [0.29, 0.717) is 0 Å². The Morgan fingerprint density at radius 2 is 1.81 bits per heavy atom. The first-order valence-electron chi connectivity index (χ1n) is 8.02. The lowest BCUT2D eigenvalue weighted by atomic mass is 10.2. The molecule has 0 aromatic heterocycles. The van der Waals surface area contributed by atoms with Gasteiger partial charge in [-0.3, -0.25) is 15.5 Å². The molecule has 0 saturated heterocycles. The maximum Gasteiger partial charge on any atom is 0.270 e. The average molecular weight is 376 g/mol. The number of rotatable bonds is 8. The Hall–Kier alpha value is -2.78. The molecule has 0 radical (unpaired) electrons. The summed E-state index contributed by atoms with van der Waals surface area (Å²) in [5.74, 6) is 0. The van der Waals surface area contributed by atoms with E-state index < -0.39 is 14.9 Å². The topological polar surface area (TPSA) is 105 Å². The SMILES string of the molecule is CCN(CC)S(=O)(=O)c1cc([N+](=O)[O-])ccc1NN=Cc1ccccc1. The molecular weight excluding hydrogens is 356 g/mol. The third-order valence-electron chi connectivity index (χ3n) is 3.70. The number of hydrazone groups is 1. The lowest BCUT2D eigenvalue weighted by Gasteiger charge is -2.20. The maximum atomic E-state index is 12.8. The molecular formula is C17H20N4O4S. The highest BCUT2D eigenvalue weighted by atomic mass is 32.2. The van der Waals surface area contributed by atoms with Crippen molar-refractivity contribution in [3.63, 3.8) is 0 Å². The summed E-state index contributed by atoms with van der Waals surface area (Å²) in [6.07, 6.45) is 1.54. The van der Waals surface area contributed by atoms with Gasteiger partial charge in [-0.2, -0.15) is 9.41 Å². The number of hydrogen-bond donors (Lipinski definition) is 1. The lowest BCUT2D eigenvalue weighted by molar-refractivity contribution is -0.385. The highest BCUT2D eigenvalue weighted by molar-refractivity contribution is 7.89. The summed E-state index contributed by atoms with van der Waals surface area (Å²) in [5, 5.41) is 15.1. The predicted molar refractivity (Wildman–Crippen MR) is 101 cm³/mol. The molecule has 138 valence electrons. The van der Waals surface area contributed by atoms with E-state index in [0.717, 1.165) is 11.6 Å². The minimum atomic E-state index is -3.89. The Labute approximate surface area is 152 Å². The third kappa shape index (κ3) is 4.44. The Bertz CT molecular complexity index is 894. The number of sulfonamides is 1. The van der Waals surface area contributed by atoms with E-state index in [1.807, 2.05) is 30.3 Å². The van der Waals surface area contributed by atoms with Crippen LogP contribution in [-0.2, 0) is 10.0 Å². The molecule has 2 aromatic rings. The van der Waals surface area contributed by atoms with Crippen LogP contribution in [-0.4, -0.2) is 37.0 Å². The van der Waals surface area contributed by atoms with Crippen LogP contribution in [0.3, 0.4) is 0 Å². The number of anilines is 1. The first-order valence-corrected chi connectivity index (χ1v) is 9.46. The number of nitro groups is 1. The monoisotopic (exact) mass is 376 g/mol. The highest BCUT2D eigenvalue weighted by Gasteiger charge is 2.27. The maximum absolute atomic E-state index is 12.8. The van der Waals surface area contributed by atoms with E-state index in [2.05, 4.69) is 10.5 Å². The molecule has 0 atom stereocenters. The molecule has 8 nitrogen and oxygen atoms in total. The average Bonchev–Trinajstić information content (AvgIpc) is 2.63. The van der Waals surface area contributed by atoms with Gasteiger partial charge in [0.2, 0.25) is 10.0 Å². The van der Waals surface area contributed by atoms with E-state index in [1.54, 1.807) is 13.8 Å². The van der Waals surface area contributed by atoms with Crippen LogP contribution in [0.4, 0.5) is 11.4 Å². The van der Waals surface area contributed by atoms with Gasteiger partial charge in [0.05, 0.1) is 16.8 Å². The van der Waals surface area contributed by atoms with E-state index in [-0.39, 0.29) is 29.4 Å². The van der Waals surface area contributed by atoms with Crippen molar-refractivity contribution in [1.82, 2.24) is 4.31 Å². The van der Waals surface area contributed by atoms with E-state index in [1.165, 1.54) is 22.7 Å². The fraction of sp³-hybridized carbons (Fsp3) is 0.235. The fourth-order valence-electron chi connectivity index (χ4n) is 2.35. The first kappa shape index (κ1) is 19.5. The standard InChI is InChI=1S/C17H20N4O4S/c1-3-20(4-2)26(24,25)17-12-15(21(22)23)10-11-16(17)19-18-13-14-8-6-5-7-9-14/h5-13,19H,3-4H2,1-2H3. The molecule has 0 spiro atoms. The van der Waals surface area contributed by atoms with Crippen LogP contribution in [0.25, 0.3) is 0 Å². The summed E-state index contributed by atoms with van der Waals surface area (Å²) in [4.78, 5) is 10.2. The van der Waals surface area contributed by atoms with Crippen molar-refractivity contribution in [1.29, 1.82) is 0 Å². The van der Waals surface area contributed by atoms with E-state index >= 15 is 0 Å². The summed E-state index contributed by atoms with van der Waals surface area (Å²) in [7, 11) is -3.89. The van der Waals surface area contributed by atoms with Crippen LogP contribution in [0.2, 0.25) is 0 Å². The fourth-order valence-corrected chi connectivity index (χ4v) is 3.97. The number of benzene rings is 2. The van der Waals surface area contributed by atoms with Crippen molar-refractivity contribution >= 4 is 27.6 Å². The second kappa shape index (κ2) is 8.54. The quantitative estimate of drug-likeness (QED) is 0.433. The zero-order valence-corrected chi connectivity index (χ0v) is 15.3.